The molecule has 0 heterocycles. The molecule has 3 N–H and O–H groups in total. The number of halogens is 4. The largest absolute Gasteiger partial charge is 0.480 e. The number of amides is 1. The first-order chi connectivity index (χ1) is 7.10. The van der Waals surface area contributed by atoms with Crippen LogP contribution >= 0.6 is 0 Å². The predicted octanol–water partition coefficient (Wildman–Crippen LogP) is -0.163. The average Bonchev–Trinajstić information content (AvgIpc) is 2.11. The van der Waals surface area contributed by atoms with E-state index in [0.717, 1.165) is 12.2 Å². The van der Waals surface area contributed by atoms with Crippen LogP contribution in [-0.2, 0) is 9.59 Å². The quantitative estimate of drug-likeness (QED) is 0.589. The molecule has 2 atom stereocenters. The van der Waals surface area contributed by atoms with Crippen LogP contribution in [0, 0.1) is 0 Å². The summed E-state index contributed by atoms with van der Waals surface area (Å²) in [5.74, 6) is -9.26. The normalized spacial score (nSPS) is 15.7. The molecule has 0 radical (unpaired) electrons. The zero-order valence-corrected chi connectivity index (χ0v) is 7.95. The summed E-state index contributed by atoms with van der Waals surface area (Å²) in [6.45, 7) is 0.902. The first-order valence-corrected chi connectivity index (χ1v) is 3.98. The van der Waals surface area contributed by atoms with Crippen molar-refractivity contribution in [3.05, 3.63) is 0 Å². The molecule has 0 saturated carbocycles. The van der Waals surface area contributed by atoms with Gasteiger partial charge < -0.3 is 15.5 Å². The van der Waals surface area contributed by atoms with Gasteiger partial charge in [-0.3, -0.25) is 4.79 Å². The fraction of sp³-hybridized carbons (Fsp3) is 0.714. The number of nitrogens with one attached hydrogen (secondary N) is 1. The number of carbonyl (C=O) groups excluding carboxylic acids is 1. The van der Waals surface area contributed by atoms with E-state index in [0.29, 0.717) is 0 Å². The third-order valence-electron chi connectivity index (χ3n) is 1.61. The summed E-state index contributed by atoms with van der Waals surface area (Å²) < 4.78 is 48.2. The van der Waals surface area contributed by atoms with Gasteiger partial charge in [0.25, 0.3) is 5.91 Å². The van der Waals surface area contributed by atoms with E-state index >= 15 is 0 Å². The van der Waals surface area contributed by atoms with Gasteiger partial charge in [-0.05, 0) is 6.92 Å². The fourth-order valence-electron chi connectivity index (χ4n) is 0.725. The first kappa shape index (κ1) is 14.6. The van der Waals surface area contributed by atoms with E-state index in [-0.39, 0.29) is 0 Å². The second kappa shape index (κ2) is 5.10. The maximum absolute atomic E-state index is 12.4. The van der Waals surface area contributed by atoms with E-state index in [1.54, 1.807) is 0 Å². The van der Waals surface area contributed by atoms with E-state index in [1.807, 2.05) is 0 Å². The van der Waals surface area contributed by atoms with Crippen LogP contribution < -0.4 is 5.32 Å². The Balaban J connectivity index is 4.72. The summed E-state index contributed by atoms with van der Waals surface area (Å²) in [7, 11) is 0. The number of carboxylic acids is 1. The maximum Gasteiger partial charge on any atom is 0.383 e. The lowest BCUT2D eigenvalue weighted by molar-refractivity contribution is -0.172. The van der Waals surface area contributed by atoms with Crippen molar-refractivity contribution in [2.75, 3.05) is 0 Å². The molecule has 0 aliphatic carbocycles. The van der Waals surface area contributed by atoms with E-state index in [4.69, 9.17) is 10.2 Å². The molecule has 16 heavy (non-hydrogen) atoms. The molecule has 0 aliphatic heterocycles. The molecule has 0 aliphatic rings. The van der Waals surface area contributed by atoms with Gasteiger partial charge in [0.05, 0.1) is 6.10 Å². The minimum Gasteiger partial charge on any atom is -0.480 e. The van der Waals surface area contributed by atoms with Crippen LogP contribution in [-0.4, -0.2) is 46.6 Å². The summed E-state index contributed by atoms with van der Waals surface area (Å²) >= 11 is 0. The third kappa shape index (κ3) is 3.33. The number of rotatable bonds is 5. The standard InChI is InChI=1S/C7H9F4NO4/c1-2(13)3(4(14)15)12-6(16)7(10,11)5(8)9/h2-3,5,13H,1H3,(H,12,16)(H,14,15)/t2-,3+/m1/s1. The van der Waals surface area contributed by atoms with Crippen LogP contribution in [0.3, 0.4) is 0 Å². The van der Waals surface area contributed by atoms with E-state index in [1.165, 1.54) is 0 Å². The summed E-state index contributed by atoms with van der Waals surface area (Å²) in [6.07, 6.45) is -5.95. The molecule has 0 rings (SSSR count). The monoisotopic (exact) mass is 247 g/mol. The number of hydrogen-bond acceptors (Lipinski definition) is 3. The molecule has 94 valence electrons. The highest BCUT2D eigenvalue weighted by atomic mass is 19.3. The maximum atomic E-state index is 12.4. The molecule has 0 unspecified atom stereocenters. The van der Waals surface area contributed by atoms with E-state index in [9.17, 15) is 27.2 Å². The highest BCUT2D eigenvalue weighted by Gasteiger charge is 2.50. The zero-order chi connectivity index (χ0) is 13.1. The lowest BCUT2D eigenvalue weighted by Gasteiger charge is -2.20. The highest BCUT2D eigenvalue weighted by molar-refractivity contribution is 5.88. The number of aliphatic hydroxyl groups excluding tert-OH is 1. The Bertz CT molecular complexity index is 282. The predicted molar refractivity (Wildman–Crippen MR) is 42.2 cm³/mol. The van der Waals surface area contributed by atoms with Crippen LogP contribution in [0.15, 0.2) is 0 Å². The number of carboxylic acid groups (broad SMARTS) is 1. The molecule has 0 saturated heterocycles. The second-order valence-electron chi connectivity index (χ2n) is 2.95. The Morgan fingerprint density at radius 2 is 1.75 bits per heavy atom. The van der Waals surface area contributed by atoms with Crippen LogP contribution in [0.1, 0.15) is 6.92 Å². The van der Waals surface area contributed by atoms with Crippen molar-refractivity contribution in [2.45, 2.75) is 31.4 Å². The van der Waals surface area contributed by atoms with Gasteiger partial charge in [-0.15, -0.1) is 0 Å². The van der Waals surface area contributed by atoms with Crippen LogP contribution in [0.2, 0.25) is 0 Å². The molecule has 0 bridgehead atoms. The average molecular weight is 247 g/mol. The van der Waals surface area contributed by atoms with Crippen molar-refractivity contribution in [2.24, 2.45) is 0 Å². The van der Waals surface area contributed by atoms with Crippen molar-refractivity contribution < 1.29 is 37.4 Å². The SMILES string of the molecule is C[C@@H](O)[C@H](NC(=O)C(F)(F)C(F)F)C(=O)O. The van der Waals surface area contributed by atoms with E-state index < -0.39 is 36.4 Å². The van der Waals surface area contributed by atoms with Gasteiger partial charge >= 0.3 is 18.3 Å². The second-order valence-corrected chi connectivity index (χ2v) is 2.95. The number of alkyl halides is 4. The van der Waals surface area contributed by atoms with Gasteiger partial charge in [-0.2, -0.15) is 8.78 Å². The van der Waals surface area contributed by atoms with Crippen molar-refractivity contribution in [1.82, 2.24) is 5.32 Å². The van der Waals surface area contributed by atoms with Gasteiger partial charge in [0, 0.05) is 0 Å². The molecule has 5 nitrogen and oxygen atoms in total. The van der Waals surface area contributed by atoms with Crippen molar-refractivity contribution in [3.8, 4) is 0 Å². The number of hydrogen-bond donors (Lipinski definition) is 3. The van der Waals surface area contributed by atoms with Gasteiger partial charge in [0.15, 0.2) is 6.04 Å². The molecular formula is C7H9F4NO4. The van der Waals surface area contributed by atoms with Crippen molar-refractivity contribution in [3.63, 3.8) is 0 Å². The molecular weight excluding hydrogens is 238 g/mol. The summed E-state index contributed by atoms with van der Waals surface area (Å²) in [5.41, 5.74) is 0. The van der Waals surface area contributed by atoms with Crippen LogP contribution in [0.4, 0.5) is 17.6 Å². The zero-order valence-electron chi connectivity index (χ0n) is 7.95. The van der Waals surface area contributed by atoms with Gasteiger partial charge in [-0.1, -0.05) is 0 Å². The molecule has 0 spiro atoms. The fourth-order valence-corrected chi connectivity index (χ4v) is 0.725. The summed E-state index contributed by atoms with van der Waals surface area (Å²) in [4.78, 5) is 21.0. The topological polar surface area (TPSA) is 86.6 Å². The number of aliphatic hydroxyl groups is 1. The lowest BCUT2D eigenvalue weighted by Crippen LogP contribution is -2.54. The lowest BCUT2D eigenvalue weighted by atomic mass is 10.1. The minimum atomic E-state index is -5.00. The molecule has 0 aromatic heterocycles. The third-order valence-corrected chi connectivity index (χ3v) is 1.61. The summed E-state index contributed by atoms with van der Waals surface area (Å²) in [5, 5.41) is 18.3. The van der Waals surface area contributed by atoms with Crippen LogP contribution in [0.5, 0.6) is 0 Å². The summed E-state index contributed by atoms with van der Waals surface area (Å²) in [6, 6.07) is -2.07. The van der Waals surface area contributed by atoms with Crippen molar-refractivity contribution >= 4 is 11.9 Å². The van der Waals surface area contributed by atoms with Crippen molar-refractivity contribution in [1.29, 1.82) is 0 Å². The Morgan fingerprint density at radius 1 is 1.31 bits per heavy atom. The Morgan fingerprint density at radius 3 is 2.00 bits per heavy atom. The van der Waals surface area contributed by atoms with E-state index in [2.05, 4.69) is 0 Å². The molecule has 0 aromatic rings. The van der Waals surface area contributed by atoms with Gasteiger partial charge in [0.1, 0.15) is 0 Å². The Hall–Kier alpha value is -1.38. The molecule has 9 heteroatoms. The molecule has 0 fully saturated rings. The smallest absolute Gasteiger partial charge is 0.383 e. The molecule has 0 aromatic carbocycles. The van der Waals surface area contributed by atoms with Gasteiger partial charge in [-0.25, -0.2) is 13.6 Å². The minimum absolute atomic E-state index is 0.902. The Kier molecular flexibility index (Phi) is 4.66. The number of carbonyl (C=O) groups is 2. The van der Waals surface area contributed by atoms with Gasteiger partial charge in [0.2, 0.25) is 0 Å². The molecule has 1 amide bonds. The highest BCUT2D eigenvalue weighted by Crippen LogP contribution is 2.23. The first-order valence-electron chi connectivity index (χ1n) is 3.98. The Labute approximate surface area is 87.1 Å². The number of aliphatic carboxylic acids is 1. The van der Waals surface area contributed by atoms with Crippen LogP contribution in [0.25, 0.3) is 0 Å².